The third-order valence-electron chi connectivity index (χ3n) is 3.96. The van der Waals surface area contributed by atoms with Crippen LogP contribution in [0.3, 0.4) is 0 Å². The van der Waals surface area contributed by atoms with Crippen LogP contribution in [0, 0.1) is 0 Å². The fourth-order valence-electron chi connectivity index (χ4n) is 2.89. The predicted octanol–water partition coefficient (Wildman–Crippen LogP) is 2.68. The lowest BCUT2D eigenvalue weighted by Gasteiger charge is -2.08. The molecule has 1 saturated carbocycles. The van der Waals surface area contributed by atoms with Crippen molar-refractivity contribution in [2.75, 3.05) is 0 Å². The highest BCUT2D eigenvalue weighted by molar-refractivity contribution is 5.47. The van der Waals surface area contributed by atoms with E-state index in [1.165, 1.54) is 30.4 Å². The largest absolute Gasteiger partial charge is 0.324 e. The average molecular weight is 187 g/mol. The molecule has 0 amide bonds. The minimum absolute atomic E-state index is 0.305. The van der Waals surface area contributed by atoms with Crippen LogP contribution in [0.25, 0.3) is 0 Å². The highest BCUT2D eigenvalue weighted by Gasteiger charge is 2.51. The zero-order chi connectivity index (χ0) is 9.76. The number of rotatable bonds is 1. The van der Waals surface area contributed by atoms with E-state index < -0.39 is 0 Å². The van der Waals surface area contributed by atoms with Gasteiger partial charge in [-0.25, -0.2) is 0 Å². The predicted molar refractivity (Wildman–Crippen MR) is 58.3 cm³/mol. The van der Waals surface area contributed by atoms with E-state index in [0.29, 0.717) is 11.5 Å². The molecule has 0 aliphatic heterocycles. The minimum Gasteiger partial charge on any atom is -0.324 e. The first-order valence-corrected chi connectivity index (χ1v) is 5.64. The Kier molecular flexibility index (Phi) is 1.58. The molecular formula is C13H17N. The second-order valence-electron chi connectivity index (χ2n) is 4.87. The van der Waals surface area contributed by atoms with Crippen LogP contribution in [-0.4, -0.2) is 0 Å². The van der Waals surface area contributed by atoms with Crippen molar-refractivity contribution in [3.8, 4) is 0 Å². The number of hydrogen-bond donors (Lipinski definition) is 1. The Hall–Kier alpha value is -0.820. The van der Waals surface area contributed by atoms with Gasteiger partial charge in [-0.1, -0.05) is 25.1 Å². The number of benzene rings is 1. The Bertz CT molecular complexity index is 377. The van der Waals surface area contributed by atoms with Gasteiger partial charge in [0.05, 0.1) is 0 Å². The standard InChI is InChI=1S/C13H17N/c1-2-9-3-4-11-10(7-9)12(14)8-13(11)5-6-13/h3-4,7,12H,2,5-6,8,14H2,1H3. The summed E-state index contributed by atoms with van der Waals surface area (Å²) in [5.74, 6) is 0. The van der Waals surface area contributed by atoms with Crippen molar-refractivity contribution in [1.29, 1.82) is 0 Å². The maximum atomic E-state index is 6.19. The zero-order valence-electron chi connectivity index (χ0n) is 8.72. The summed E-state index contributed by atoms with van der Waals surface area (Å²) in [6.07, 6.45) is 5.03. The molecule has 1 fully saturated rings. The summed E-state index contributed by atoms with van der Waals surface area (Å²) < 4.78 is 0. The monoisotopic (exact) mass is 187 g/mol. The van der Waals surface area contributed by atoms with E-state index in [0.717, 1.165) is 6.42 Å². The maximum absolute atomic E-state index is 6.19. The van der Waals surface area contributed by atoms with Gasteiger partial charge in [-0.05, 0) is 47.8 Å². The van der Waals surface area contributed by atoms with Crippen LogP contribution in [0.5, 0.6) is 0 Å². The molecule has 1 aromatic carbocycles. The van der Waals surface area contributed by atoms with Crippen molar-refractivity contribution < 1.29 is 0 Å². The molecule has 0 radical (unpaired) electrons. The fourth-order valence-corrected chi connectivity index (χ4v) is 2.89. The summed E-state index contributed by atoms with van der Waals surface area (Å²) in [6.45, 7) is 2.20. The van der Waals surface area contributed by atoms with E-state index in [1.54, 1.807) is 5.56 Å². The number of hydrogen-bond acceptors (Lipinski definition) is 1. The molecule has 0 heterocycles. The zero-order valence-corrected chi connectivity index (χ0v) is 8.72. The lowest BCUT2D eigenvalue weighted by molar-refractivity contribution is 0.597. The topological polar surface area (TPSA) is 26.0 Å². The second kappa shape index (κ2) is 2.60. The number of nitrogens with two attached hydrogens (primary N) is 1. The first kappa shape index (κ1) is 8.49. The van der Waals surface area contributed by atoms with Crippen molar-refractivity contribution in [3.63, 3.8) is 0 Å². The summed E-state index contributed by atoms with van der Waals surface area (Å²) in [5.41, 5.74) is 11.1. The Morgan fingerprint density at radius 2 is 2.21 bits per heavy atom. The van der Waals surface area contributed by atoms with Crippen molar-refractivity contribution in [3.05, 3.63) is 34.9 Å². The first-order chi connectivity index (χ1) is 6.75. The van der Waals surface area contributed by atoms with Gasteiger partial charge in [0.15, 0.2) is 0 Å². The quantitative estimate of drug-likeness (QED) is 0.718. The number of fused-ring (bicyclic) bond motifs is 2. The molecule has 3 rings (SSSR count). The second-order valence-corrected chi connectivity index (χ2v) is 4.87. The van der Waals surface area contributed by atoms with Crippen LogP contribution in [0.15, 0.2) is 18.2 Å². The SMILES string of the molecule is CCc1ccc2c(c1)C(N)CC21CC1. The minimum atomic E-state index is 0.305. The molecule has 0 aromatic heterocycles. The van der Waals surface area contributed by atoms with E-state index in [2.05, 4.69) is 25.1 Å². The van der Waals surface area contributed by atoms with E-state index in [1.807, 2.05) is 0 Å². The van der Waals surface area contributed by atoms with Gasteiger partial charge < -0.3 is 5.73 Å². The molecule has 1 nitrogen and oxygen atoms in total. The third-order valence-corrected chi connectivity index (χ3v) is 3.96. The van der Waals surface area contributed by atoms with Crippen molar-refractivity contribution >= 4 is 0 Å². The summed E-state index contributed by atoms with van der Waals surface area (Å²) >= 11 is 0. The van der Waals surface area contributed by atoms with Crippen LogP contribution in [0.1, 0.15) is 48.9 Å². The molecular weight excluding hydrogens is 170 g/mol. The molecule has 1 atom stereocenters. The molecule has 0 saturated heterocycles. The molecule has 1 unspecified atom stereocenters. The summed E-state index contributed by atoms with van der Waals surface area (Å²) in [5, 5.41) is 0. The maximum Gasteiger partial charge on any atom is 0.0306 e. The van der Waals surface area contributed by atoms with E-state index in [4.69, 9.17) is 5.73 Å². The first-order valence-electron chi connectivity index (χ1n) is 5.64. The van der Waals surface area contributed by atoms with Gasteiger partial charge in [0, 0.05) is 6.04 Å². The van der Waals surface area contributed by atoms with Gasteiger partial charge in [0.2, 0.25) is 0 Å². The molecule has 14 heavy (non-hydrogen) atoms. The molecule has 74 valence electrons. The summed E-state index contributed by atoms with van der Waals surface area (Å²) in [4.78, 5) is 0. The highest BCUT2D eigenvalue weighted by Crippen LogP contribution is 2.59. The van der Waals surface area contributed by atoms with Gasteiger partial charge in [-0.15, -0.1) is 0 Å². The Balaban J connectivity index is 2.12. The van der Waals surface area contributed by atoms with Crippen LogP contribution in [-0.2, 0) is 11.8 Å². The van der Waals surface area contributed by atoms with Gasteiger partial charge >= 0.3 is 0 Å². The molecule has 2 aliphatic carbocycles. The van der Waals surface area contributed by atoms with E-state index in [9.17, 15) is 0 Å². The molecule has 1 heteroatoms. The van der Waals surface area contributed by atoms with Crippen molar-refractivity contribution in [2.45, 2.75) is 44.1 Å². The third kappa shape index (κ3) is 0.992. The molecule has 2 aliphatic rings. The van der Waals surface area contributed by atoms with E-state index >= 15 is 0 Å². The highest BCUT2D eigenvalue weighted by atomic mass is 14.7. The smallest absolute Gasteiger partial charge is 0.0306 e. The summed E-state index contributed by atoms with van der Waals surface area (Å²) in [6, 6.07) is 7.23. The lowest BCUT2D eigenvalue weighted by Crippen LogP contribution is -2.07. The summed E-state index contributed by atoms with van der Waals surface area (Å²) in [7, 11) is 0. The fraction of sp³-hybridized carbons (Fsp3) is 0.538. The van der Waals surface area contributed by atoms with Gasteiger partial charge in [-0.3, -0.25) is 0 Å². The van der Waals surface area contributed by atoms with Crippen molar-refractivity contribution in [1.82, 2.24) is 0 Å². The molecule has 0 bridgehead atoms. The molecule has 2 N–H and O–H groups in total. The number of aryl methyl sites for hydroxylation is 1. The van der Waals surface area contributed by atoms with Gasteiger partial charge in [0.1, 0.15) is 0 Å². The normalized spacial score (nSPS) is 26.6. The average Bonchev–Trinajstić information content (AvgIpc) is 2.91. The van der Waals surface area contributed by atoms with Crippen LogP contribution in [0.2, 0.25) is 0 Å². The lowest BCUT2D eigenvalue weighted by atomic mass is 9.97. The van der Waals surface area contributed by atoms with Crippen LogP contribution in [0.4, 0.5) is 0 Å². The van der Waals surface area contributed by atoms with Crippen LogP contribution < -0.4 is 5.73 Å². The van der Waals surface area contributed by atoms with Crippen LogP contribution >= 0.6 is 0 Å². The Morgan fingerprint density at radius 1 is 1.43 bits per heavy atom. The molecule has 1 spiro atoms. The van der Waals surface area contributed by atoms with Gasteiger partial charge in [0.25, 0.3) is 0 Å². The van der Waals surface area contributed by atoms with E-state index in [-0.39, 0.29) is 0 Å². The van der Waals surface area contributed by atoms with Gasteiger partial charge in [-0.2, -0.15) is 0 Å². The molecule has 1 aromatic rings. The Morgan fingerprint density at radius 3 is 2.86 bits per heavy atom. The van der Waals surface area contributed by atoms with Crippen molar-refractivity contribution in [2.24, 2.45) is 5.73 Å². The Labute approximate surface area is 85.3 Å².